The van der Waals surface area contributed by atoms with Crippen LogP contribution in [0.5, 0.6) is 0 Å². The Bertz CT molecular complexity index is 522. The monoisotopic (exact) mass is 267 g/mol. The van der Waals surface area contributed by atoms with Gasteiger partial charge in [-0.25, -0.2) is 0 Å². The molecule has 104 valence electrons. The first kappa shape index (κ1) is 14.4. The first-order chi connectivity index (χ1) is 9.78. The van der Waals surface area contributed by atoms with Gasteiger partial charge in [0.15, 0.2) is 0 Å². The Morgan fingerprint density at radius 2 is 2.00 bits per heavy atom. The van der Waals surface area contributed by atoms with Crippen molar-refractivity contribution in [3.8, 4) is 12.1 Å². The van der Waals surface area contributed by atoms with E-state index in [0.29, 0.717) is 5.92 Å². The van der Waals surface area contributed by atoms with Crippen LogP contribution in [0.3, 0.4) is 0 Å². The molecule has 2 rings (SSSR count). The summed E-state index contributed by atoms with van der Waals surface area (Å²) < 4.78 is 0. The average Bonchev–Trinajstić information content (AvgIpc) is 2.48. The molecule has 0 aliphatic heterocycles. The number of nitrogens with one attached hydrogen (secondary N) is 1. The van der Waals surface area contributed by atoms with E-state index in [1.54, 1.807) is 0 Å². The lowest BCUT2D eigenvalue weighted by molar-refractivity contribution is 0.485. The number of allylic oxidation sites excluding steroid dienone is 6. The van der Waals surface area contributed by atoms with Crippen molar-refractivity contribution in [1.82, 2.24) is 5.32 Å². The summed E-state index contributed by atoms with van der Waals surface area (Å²) in [6.07, 6.45) is 10.9. The Morgan fingerprint density at radius 3 is 2.70 bits per heavy atom. The van der Waals surface area contributed by atoms with E-state index in [2.05, 4.69) is 24.4 Å². The highest BCUT2D eigenvalue weighted by molar-refractivity contribution is 5.49. The molecule has 0 aromatic heterocycles. The summed E-state index contributed by atoms with van der Waals surface area (Å²) >= 11 is 0. The second kappa shape index (κ2) is 6.96. The lowest BCUT2D eigenvalue weighted by atomic mass is 9.78. The van der Waals surface area contributed by atoms with Crippen LogP contribution in [0.2, 0.25) is 0 Å². The van der Waals surface area contributed by atoms with Gasteiger partial charge < -0.3 is 5.32 Å². The van der Waals surface area contributed by atoms with Crippen molar-refractivity contribution in [3.05, 3.63) is 34.6 Å². The summed E-state index contributed by atoms with van der Waals surface area (Å²) in [5.74, 6) is 0.606. The minimum atomic E-state index is 0.274. The Labute approximate surface area is 121 Å². The molecular formula is C17H21N3. The zero-order valence-corrected chi connectivity index (χ0v) is 12.1. The van der Waals surface area contributed by atoms with E-state index in [1.807, 2.05) is 12.1 Å². The molecule has 0 aromatic rings. The quantitative estimate of drug-likeness (QED) is 0.623. The lowest BCUT2D eigenvalue weighted by Gasteiger charge is -2.29. The van der Waals surface area contributed by atoms with Crippen LogP contribution in [0, 0.1) is 28.6 Å². The number of hydrogen-bond acceptors (Lipinski definition) is 3. The van der Waals surface area contributed by atoms with Gasteiger partial charge in [0.05, 0.1) is 0 Å². The molecule has 2 aliphatic carbocycles. The normalized spacial score (nSPS) is 20.9. The van der Waals surface area contributed by atoms with Crippen LogP contribution >= 0.6 is 0 Å². The Kier molecular flexibility index (Phi) is 5.02. The molecule has 1 atom stereocenters. The van der Waals surface area contributed by atoms with Gasteiger partial charge in [-0.2, -0.15) is 10.5 Å². The number of hydrogen-bond donors (Lipinski definition) is 1. The minimum Gasteiger partial charge on any atom is -0.388 e. The predicted octanol–water partition coefficient (Wildman–Crippen LogP) is 3.73. The van der Waals surface area contributed by atoms with Crippen molar-refractivity contribution in [1.29, 1.82) is 10.5 Å². The second-order valence-corrected chi connectivity index (χ2v) is 5.49. The number of nitrogens with zero attached hydrogens (tertiary/aromatic N) is 2. The van der Waals surface area contributed by atoms with Crippen LogP contribution < -0.4 is 5.32 Å². The fourth-order valence-corrected chi connectivity index (χ4v) is 2.89. The van der Waals surface area contributed by atoms with Gasteiger partial charge in [0.1, 0.15) is 17.7 Å². The molecule has 1 N–H and O–H groups in total. The predicted molar refractivity (Wildman–Crippen MR) is 79.3 cm³/mol. The molecule has 20 heavy (non-hydrogen) atoms. The van der Waals surface area contributed by atoms with Crippen LogP contribution in [0.25, 0.3) is 0 Å². The summed E-state index contributed by atoms with van der Waals surface area (Å²) in [4.78, 5) is 0. The maximum absolute atomic E-state index is 8.98. The van der Waals surface area contributed by atoms with E-state index in [1.165, 1.54) is 30.5 Å². The van der Waals surface area contributed by atoms with Gasteiger partial charge in [-0.3, -0.25) is 0 Å². The molecule has 2 aliphatic rings. The number of rotatable bonds is 4. The van der Waals surface area contributed by atoms with E-state index in [9.17, 15) is 0 Å². The van der Waals surface area contributed by atoms with Crippen LogP contribution in [-0.2, 0) is 0 Å². The fraction of sp³-hybridized carbons (Fsp3) is 0.529. The molecule has 0 spiro atoms. The second-order valence-electron chi connectivity index (χ2n) is 5.49. The molecule has 0 saturated carbocycles. The largest absolute Gasteiger partial charge is 0.388 e. The van der Waals surface area contributed by atoms with Crippen molar-refractivity contribution in [2.45, 2.75) is 45.4 Å². The minimum absolute atomic E-state index is 0.274. The number of unbranched alkanes of at least 4 members (excludes halogenated alkanes) is 1. The van der Waals surface area contributed by atoms with Gasteiger partial charge in [0, 0.05) is 12.2 Å². The zero-order chi connectivity index (χ0) is 14.4. The highest BCUT2D eigenvalue weighted by Gasteiger charge is 2.24. The van der Waals surface area contributed by atoms with E-state index in [0.717, 1.165) is 31.4 Å². The lowest BCUT2D eigenvalue weighted by Crippen LogP contribution is -2.21. The third-order valence-corrected chi connectivity index (χ3v) is 4.10. The van der Waals surface area contributed by atoms with Gasteiger partial charge in [0.2, 0.25) is 0 Å². The van der Waals surface area contributed by atoms with Crippen LogP contribution in [0.15, 0.2) is 34.6 Å². The summed E-state index contributed by atoms with van der Waals surface area (Å²) in [5.41, 5.74) is 3.78. The maximum atomic E-state index is 8.98. The Balaban J connectivity index is 2.17. The van der Waals surface area contributed by atoms with Gasteiger partial charge in [0.25, 0.3) is 0 Å². The molecule has 1 unspecified atom stereocenters. The topological polar surface area (TPSA) is 59.6 Å². The smallest absolute Gasteiger partial charge is 0.132 e. The molecule has 3 heteroatoms. The molecular weight excluding hydrogens is 246 g/mol. The SMILES string of the molecule is CCCCNC1=CC2=CC(=C(C#N)C#N)CCC2CC1. The average molecular weight is 267 g/mol. The first-order valence-electron chi connectivity index (χ1n) is 7.47. The van der Waals surface area contributed by atoms with Gasteiger partial charge in [-0.15, -0.1) is 0 Å². The Morgan fingerprint density at radius 1 is 1.25 bits per heavy atom. The van der Waals surface area contributed by atoms with Crippen LogP contribution in [-0.4, -0.2) is 6.54 Å². The standard InChI is InChI=1S/C17H21N3/c1-2-3-8-20-17-7-6-13-4-5-14(9-15(13)10-17)16(11-18)12-19/h9-10,13,20H,2-8H2,1H3. The molecule has 0 fully saturated rings. The summed E-state index contributed by atoms with van der Waals surface area (Å²) in [6, 6.07) is 4.02. The van der Waals surface area contributed by atoms with Gasteiger partial charge in [-0.05, 0) is 55.2 Å². The summed E-state index contributed by atoms with van der Waals surface area (Å²) in [5, 5.41) is 21.5. The van der Waals surface area contributed by atoms with Crippen LogP contribution in [0.1, 0.15) is 45.4 Å². The van der Waals surface area contributed by atoms with E-state index < -0.39 is 0 Å². The van der Waals surface area contributed by atoms with E-state index in [-0.39, 0.29) is 5.57 Å². The molecule has 3 nitrogen and oxygen atoms in total. The molecule has 0 bridgehead atoms. The molecule has 0 saturated heterocycles. The van der Waals surface area contributed by atoms with Crippen molar-refractivity contribution in [2.24, 2.45) is 5.92 Å². The van der Waals surface area contributed by atoms with E-state index in [4.69, 9.17) is 10.5 Å². The fourth-order valence-electron chi connectivity index (χ4n) is 2.89. The van der Waals surface area contributed by atoms with Crippen molar-refractivity contribution < 1.29 is 0 Å². The number of nitriles is 2. The highest BCUT2D eigenvalue weighted by Crippen LogP contribution is 2.37. The van der Waals surface area contributed by atoms with E-state index >= 15 is 0 Å². The first-order valence-corrected chi connectivity index (χ1v) is 7.47. The van der Waals surface area contributed by atoms with Crippen molar-refractivity contribution in [3.63, 3.8) is 0 Å². The molecule has 0 radical (unpaired) electrons. The third-order valence-electron chi connectivity index (χ3n) is 4.10. The Hall–Kier alpha value is -2.00. The maximum Gasteiger partial charge on any atom is 0.132 e. The van der Waals surface area contributed by atoms with Crippen molar-refractivity contribution >= 4 is 0 Å². The molecule has 0 amide bonds. The highest BCUT2D eigenvalue weighted by atomic mass is 14.9. The summed E-state index contributed by atoms with van der Waals surface area (Å²) in [6.45, 7) is 3.23. The number of fused-ring (bicyclic) bond motifs is 1. The summed E-state index contributed by atoms with van der Waals surface area (Å²) in [7, 11) is 0. The van der Waals surface area contributed by atoms with Gasteiger partial charge in [-0.1, -0.05) is 19.4 Å². The zero-order valence-electron chi connectivity index (χ0n) is 12.1. The molecule has 0 heterocycles. The van der Waals surface area contributed by atoms with Crippen LogP contribution in [0.4, 0.5) is 0 Å². The van der Waals surface area contributed by atoms with Crippen molar-refractivity contribution in [2.75, 3.05) is 6.54 Å². The van der Waals surface area contributed by atoms with Gasteiger partial charge >= 0.3 is 0 Å². The third kappa shape index (κ3) is 3.31. The molecule has 0 aromatic carbocycles.